The van der Waals surface area contributed by atoms with Crippen LogP contribution in [0, 0.1) is 5.82 Å². The summed E-state index contributed by atoms with van der Waals surface area (Å²) in [7, 11) is 0. The molecule has 0 atom stereocenters. The van der Waals surface area contributed by atoms with Gasteiger partial charge in [0.1, 0.15) is 18.2 Å². The van der Waals surface area contributed by atoms with Gasteiger partial charge in [-0.25, -0.2) is 4.39 Å². The number of carbonyl (C=O) groups excluding carboxylic acids is 1. The van der Waals surface area contributed by atoms with Crippen molar-refractivity contribution >= 4 is 17.6 Å². The van der Waals surface area contributed by atoms with Crippen molar-refractivity contribution in [1.82, 2.24) is 0 Å². The molecule has 0 unspecified atom stereocenters. The lowest BCUT2D eigenvalue weighted by atomic mass is 10.0. The predicted octanol–water partition coefficient (Wildman–Crippen LogP) is 3.70. The van der Waals surface area contributed by atoms with Crippen LogP contribution >= 0.6 is 0 Å². The highest BCUT2D eigenvalue weighted by Crippen LogP contribution is 2.21. The summed E-state index contributed by atoms with van der Waals surface area (Å²) >= 11 is 0. The monoisotopic (exact) mass is 347 g/mol. The van der Waals surface area contributed by atoms with Gasteiger partial charge in [0.2, 0.25) is 0 Å². The molecule has 0 aliphatic rings. The number of carboxylic acid groups (broad SMARTS) is 1. The zero-order valence-corrected chi connectivity index (χ0v) is 13.9. The van der Waals surface area contributed by atoms with Crippen molar-refractivity contribution in [3.8, 4) is 5.75 Å². The Labute approximate surface area is 151 Å². The summed E-state index contributed by atoms with van der Waals surface area (Å²) in [4.78, 5) is 11.5. The Kier molecular flexibility index (Phi) is 5.44. The minimum absolute atomic E-state index is 0.0230. The van der Waals surface area contributed by atoms with Gasteiger partial charge in [-0.1, -0.05) is 54.6 Å². The number of carbonyl (C=O) groups is 1. The first-order valence-corrected chi connectivity index (χ1v) is 8.07. The molecule has 0 aliphatic carbocycles. The summed E-state index contributed by atoms with van der Waals surface area (Å²) in [6.45, 7) is 0.416. The number of aliphatic carboxylic acids is 1. The van der Waals surface area contributed by atoms with Crippen LogP contribution in [-0.4, -0.2) is 5.97 Å². The van der Waals surface area contributed by atoms with Crippen LogP contribution in [0.2, 0.25) is 0 Å². The molecule has 0 saturated carbocycles. The number of hydrogen-bond donors (Lipinski definition) is 0. The summed E-state index contributed by atoms with van der Waals surface area (Å²) in [6, 6.07) is 22.1. The minimum atomic E-state index is -1.33. The molecule has 130 valence electrons. The third-order valence-corrected chi connectivity index (χ3v) is 3.79. The van der Waals surface area contributed by atoms with E-state index in [2.05, 4.69) is 0 Å². The lowest BCUT2D eigenvalue weighted by Crippen LogP contribution is -2.23. The Bertz CT molecular complexity index is 916. The van der Waals surface area contributed by atoms with Crippen LogP contribution in [0.15, 0.2) is 78.9 Å². The van der Waals surface area contributed by atoms with Crippen LogP contribution in [0.4, 0.5) is 4.39 Å². The van der Waals surface area contributed by atoms with Crippen molar-refractivity contribution in [3.63, 3.8) is 0 Å². The molecule has 3 rings (SSSR count). The van der Waals surface area contributed by atoms with E-state index in [4.69, 9.17) is 4.74 Å². The lowest BCUT2D eigenvalue weighted by molar-refractivity contribution is -0.295. The zero-order valence-electron chi connectivity index (χ0n) is 13.9. The van der Waals surface area contributed by atoms with Gasteiger partial charge in [-0.3, -0.25) is 0 Å². The van der Waals surface area contributed by atoms with Gasteiger partial charge in [0.15, 0.2) is 0 Å². The maximum absolute atomic E-state index is 13.1. The normalized spacial score (nSPS) is 11.2. The summed E-state index contributed by atoms with van der Waals surface area (Å²) in [5.74, 6) is -1.13. The van der Waals surface area contributed by atoms with E-state index >= 15 is 0 Å². The third kappa shape index (κ3) is 4.57. The van der Waals surface area contributed by atoms with Crippen LogP contribution in [0.5, 0.6) is 5.75 Å². The van der Waals surface area contributed by atoms with Crippen molar-refractivity contribution < 1.29 is 19.0 Å². The molecule has 0 fully saturated rings. The average Bonchev–Trinajstić information content (AvgIpc) is 2.66. The van der Waals surface area contributed by atoms with E-state index in [-0.39, 0.29) is 5.57 Å². The molecule has 4 heteroatoms. The fourth-order valence-corrected chi connectivity index (χ4v) is 2.49. The smallest absolute Gasteiger partial charge is 0.123 e. The van der Waals surface area contributed by atoms with Crippen molar-refractivity contribution in [3.05, 3.63) is 101 Å². The molecule has 0 aliphatic heterocycles. The van der Waals surface area contributed by atoms with E-state index in [0.717, 1.165) is 5.56 Å². The van der Waals surface area contributed by atoms with Crippen LogP contribution in [0.1, 0.15) is 16.7 Å². The van der Waals surface area contributed by atoms with Gasteiger partial charge >= 0.3 is 0 Å². The Morgan fingerprint density at radius 2 is 1.69 bits per heavy atom. The average molecular weight is 347 g/mol. The Morgan fingerprint density at radius 1 is 0.962 bits per heavy atom. The number of benzene rings is 3. The summed E-state index contributed by atoms with van der Waals surface area (Å²) in [6.07, 6.45) is 1.48. The van der Waals surface area contributed by atoms with Gasteiger partial charge in [0.25, 0.3) is 0 Å². The van der Waals surface area contributed by atoms with Crippen LogP contribution in [0.3, 0.4) is 0 Å². The van der Waals surface area contributed by atoms with E-state index in [1.807, 2.05) is 30.3 Å². The number of hydrogen-bond acceptors (Lipinski definition) is 3. The highest BCUT2D eigenvalue weighted by Gasteiger charge is 2.05. The second-order valence-electron chi connectivity index (χ2n) is 5.70. The molecule has 0 radical (unpaired) electrons. The number of rotatable bonds is 6. The van der Waals surface area contributed by atoms with Gasteiger partial charge in [-0.15, -0.1) is 0 Å². The molecular weight excluding hydrogens is 331 g/mol. The maximum Gasteiger partial charge on any atom is 0.123 e. The molecule has 0 spiro atoms. The lowest BCUT2D eigenvalue weighted by Gasteiger charge is -2.10. The quantitative estimate of drug-likeness (QED) is 0.505. The maximum atomic E-state index is 13.1. The number of halogens is 1. The first-order valence-electron chi connectivity index (χ1n) is 8.07. The van der Waals surface area contributed by atoms with Gasteiger partial charge in [-0.2, -0.15) is 0 Å². The van der Waals surface area contributed by atoms with Gasteiger partial charge < -0.3 is 14.6 Å². The highest BCUT2D eigenvalue weighted by atomic mass is 19.1. The Morgan fingerprint density at radius 3 is 2.38 bits per heavy atom. The van der Waals surface area contributed by atoms with Crippen molar-refractivity contribution in [2.75, 3.05) is 0 Å². The van der Waals surface area contributed by atoms with Crippen LogP contribution in [-0.2, 0) is 11.4 Å². The fraction of sp³-hybridized carbons (Fsp3) is 0.0455. The Balaban J connectivity index is 1.82. The fourth-order valence-electron chi connectivity index (χ4n) is 2.49. The summed E-state index contributed by atoms with van der Waals surface area (Å²) < 4.78 is 18.8. The molecule has 26 heavy (non-hydrogen) atoms. The summed E-state index contributed by atoms with van der Waals surface area (Å²) in [5, 5.41) is 11.5. The molecule has 0 bridgehead atoms. The molecule has 0 saturated heterocycles. The Hall–Kier alpha value is -3.40. The molecule has 0 amide bonds. The van der Waals surface area contributed by atoms with Gasteiger partial charge in [0, 0.05) is 5.57 Å². The first kappa shape index (κ1) is 17.4. The van der Waals surface area contributed by atoms with E-state index in [0.29, 0.717) is 23.5 Å². The first-order chi connectivity index (χ1) is 12.6. The van der Waals surface area contributed by atoms with E-state index in [1.54, 1.807) is 24.3 Å². The molecule has 3 aromatic carbocycles. The largest absolute Gasteiger partial charge is 0.545 e. The third-order valence-electron chi connectivity index (χ3n) is 3.79. The molecule has 0 heterocycles. The van der Waals surface area contributed by atoms with Gasteiger partial charge in [-0.05, 0) is 47.0 Å². The highest BCUT2D eigenvalue weighted by molar-refractivity contribution is 6.19. The standard InChI is InChI=1S/C22H17FO3/c23-19-11-9-18(10-12-19)21(22(24)25)14-17-7-4-8-20(13-17)26-15-16-5-2-1-3-6-16/h1-14H,15H2,(H,24,25)/p-1/b21-14-. The molecule has 3 aromatic rings. The molecule has 0 aromatic heterocycles. The molecule has 3 nitrogen and oxygen atoms in total. The molecular formula is C22H16FO3-. The van der Waals surface area contributed by atoms with Crippen LogP contribution < -0.4 is 9.84 Å². The molecule has 0 N–H and O–H groups in total. The van der Waals surface area contributed by atoms with Crippen LogP contribution in [0.25, 0.3) is 11.6 Å². The van der Waals surface area contributed by atoms with Gasteiger partial charge in [0.05, 0.1) is 5.97 Å². The second-order valence-corrected chi connectivity index (χ2v) is 5.70. The zero-order chi connectivity index (χ0) is 18.4. The van der Waals surface area contributed by atoms with E-state index < -0.39 is 11.8 Å². The van der Waals surface area contributed by atoms with E-state index in [9.17, 15) is 14.3 Å². The number of ether oxygens (including phenoxy) is 1. The topological polar surface area (TPSA) is 49.4 Å². The van der Waals surface area contributed by atoms with E-state index in [1.165, 1.54) is 30.3 Å². The van der Waals surface area contributed by atoms with Crippen molar-refractivity contribution in [2.24, 2.45) is 0 Å². The summed E-state index contributed by atoms with van der Waals surface area (Å²) in [5.41, 5.74) is 2.04. The predicted molar refractivity (Wildman–Crippen MR) is 96.5 cm³/mol. The van der Waals surface area contributed by atoms with Crippen molar-refractivity contribution in [2.45, 2.75) is 6.61 Å². The SMILES string of the molecule is O=C([O-])/C(=C\c1cccc(OCc2ccccc2)c1)c1ccc(F)cc1. The second kappa shape index (κ2) is 8.12. The number of carboxylic acids is 1. The van der Waals surface area contributed by atoms with Crippen molar-refractivity contribution in [1.29, 1.82) is 0 Å². The minimum Gasteiger partial charge on any atom is -0.545 e.